The first-order chi connectivity index (χ1) is 11.1. The largest absolute Gasteiger partial charge is 0.481 e. The van der Waals surface area contributed by atoms with E-state index < -0.39 is 11.4 Å². The van der Waals surface area contributed by atoms with E-state index in [2.05, 4.69) is 10.6 Å². The van der Waals surface area contributed by atoms with Crippen LogP contribution in [0.2, 0.25) is 0 Å². The van der Waals surface area contributed by atoms with Gasteiger partial charge in [-0.25, -0.2) is 0 Å². The second-order valence-electron chi connectivity index (χ2n) is 7.59. The normalized spacial score (nSPS) is 15.5. The number of nitrogens with one attached hydrogen (secondary N) is 2. The molecule has 0 saturated heterocycles. The van der Waals surface area contributed by atoms with Gasteiger partial charge in [-0.1, -0.05) is 20.8 Å². The first-order valence-corrected chi connectivity index (χ1v) is 8.03. The molecular weight excluding hydrogens is 308 g/mol. The lowest BCUT2D eigenvalue weighted by Crippen LogP contribution is -2.34. The molecule has 2 rings (SSSR count). The first kappa shape index (κ1) is 18.0. The molecule has 1 fully saturated rings. The SMILES string of the molecule is CC(C)(C)CNC(=O)c1ccc(C(=O)NCC2(C(=O)O)CC2)cc1. The van der Waals surface area contributed by atoms with E-state index in [1.165, 1.54) is 0 Å². The molecule has 0 atom stereocenters. The van der Waals surface area contributed by atoms with Crippen molar-refractivity contribution < 1.29 is 19.5 Å². The molecular formula is C18H24N2O4. The number of hydrogen-bond acceptors (Lipinski definition) is 3. The fourth-order valence-corrected chi connectivity index (χ4v) is 2.19. The van der Waals surface area contributed by atoms with Crippen molar-refractivity contribution >= 4 is 17.8 Å². The zero-order chi connectivity index (χ0) is 18.0. The van der Waals surface area contributed by atoms with Gasteiger partial charge in [0.25, 0.3) is 11.8 Å². The first-order valence-electron chi connectivity index (χ1n) is 8.03. The number of amides is 2. The van der Waals surface area contributed by atoms with E-state index in [4.69, 9.17) is 5.11 Å². The highest BCUT2D eigenvalue weighted by atomic mass is 16.4. The molecule has 3 N–H and O–H groups in total. The van der Waals surface area contributed by atoms with Crippen LogP contribution in [0.25, 0.3) is 0 Å². The molecule has 24 heavy (non-hydrogen) atoms. The molecule has 6 nitrogen and oxygen atoms in total. The van der Waals surface area contributed by atoms with E-state index in [9.17, 15) is 14.4 Å². The summed E-state index contributed by atoms with van der Waals surface area (Å²) in [6, 6.07) is 6.33. The summed E-state index contributed by atoms with van der Waals surface area (Å²) in [5, 5.41) is 14.6. The minimum Gasteiger partial charge on any atom is -0.481 e. The smallest absolute Gasteiger partial charge is 0.311 e. The Hall–Kier alpha value is -2.37. The lowest BCUT2D eigenvalue weighted by Gasteiger charge is -2.18. The van der Waals surface area contributed by atoms with Gasteiger partial charge in [0, 0.05) is 24.2 Å². The molecule has 1 aliphatic rings. The fourth-order valence-electron chi connectivity index (χ4n) is 2.19. The summed E-state index contributed by atoms with van der Waals surface area (Å²) in [7, 11) is 0. The van der Waals surface area contributed by atoms with Crippen molar-refractivity contribution in [3.63, 3.8) is 0 Å². The second-order valence-corrected chi connectivity index (χ2v) is 7.59. The maximum atomic E-state index is 12.1. The molecule has 0 radical (unpaired) electrons. The molecule has 1 aromatic carbocycles. The van der Waals surface area contributed by atoms with Crippen molar-refractivity contribution in [3.8, 4) is 0 Å². The molecule has 2 amide bonds. The van der Waals surface area contributed by atoms with E-state index >= 15 is 0 Å². The Bertz CT molecular complexity index is 640. The summed E-state index contributed by atoms with van der Waals surface area (Å²) < 4.78 is 0. The number of carbonyl (C=O) groups is 3. The lowest BCUT2D eigenvalue weighted by atomic mass is 9.97. The maximum Gasteiger partial charge on any atom is 0.311 e. The Morgan fingerprint density at radius 1 is 1.00 bits per heavy atom. The average molecular weight is 332 g/mol. The molecule has 0 bridgehead atoms. The van der Waals surface area contributed by atoms with Crippen LogP contribution < -0.4 is 10.6 Å². The minimum atomic E-state index is -0.867. The topological polar surface area (TPSA) is 95.5 Å². The Morgan fingerprint density at radius 2 is 1.46 bits per heavy atom. The third-order valence-corrected chi connectivity index (χ3v) is 4.08. The number of aliphatic carboxylic acids is 1. The predicted molar refractivity (Wildman–Crippen MR) is 89.9 cm³/mol. The van der Waals surface area contributed by atoms with Crippen molar-refractivity contribution in [2.45, 2.75) is 33.6 Å². The van der Waals surface area contributed by atoms with Crippen LogP contribution in [-0.2, 0) is 4.79 Å². The van der Waals surface area contributed by atoms with Crippen LogP contribution in [0, 0.1) is 10.8 Å². The van der Waals surface area contributed by atoms with Crippen molar-refractivity contribution in [2.24, 2.45) is 10.8 Å². The molecule has 0 spiro atoms. The standard InChI is InChI=1S/C18H24N2O4/c1-17(2,3)10-19-14(21)12-4-6-13(7-5-12)15(22)20-11-18(8-9-18)16(23)24/h4-7H,8-11H2,1-3H3,(H,19,21)(H,20,22)(H,23,24). The van der Waals surface area contributed by atoms with E-state index in [-0.39, 0.29) is 23.8 Å². The van der Waals surface area contributed by atoms with Gasteiger partial charge >= 0.3 is 5.97 Å². The zero-order valence-corrected chi connectivity index (χ0v) is 14.3. The Labute approximate surface area is 141 Å². The molecule has 130 valence electrons. The van der Waals surface area contributed by atoms with Crippen LogP contribution in [0.3, 0.4) is 0 Å². The van der Waals surface area contributed by atoms with Gasteiger partial charge in [0.2, 0.25) is 0 Å². The summed E-state index contributed by atoms with van der Waals surface area (Å²) >= 11 is 0. The molecule has 0 aliphatic heterocycles. The Morgan fingerprint density at radius 3 is 1.83 bits per heavy atom. The van der Waals surface area contributed by atoms with Crippen molar-refractivity contribution in [3.05, 3.63) is 35.4 Å². The number of rotatable bonds is 6. The molecule has 0 unspecified atom stereocenters. The highest BCUT2D eigenvalue weighted by Gasteiger charge is 2.50. The van der Waals surface area contributed by atoms with Crippen LogP contribution >= 0.6 is 0 Å². The average Bonchev–Trinajstić information content (AvgIpc) is 3.31. The predicted octanol–water partition coefficient (Wildman–Crippen LogP) is 2.06. The monoisotopic (exact) mass is 332 g/mol. The van der Waals surface area contributed by atoms with Gasteiger partial charge in [-0.2, -0.15) is 0 Å². The lowest BCUT2D eigenvalue weighted by molar-refractivity contribution is -0.143. The van der Waals surface area contributed by atoms with Gasteiger partial charge in [-0.3, -0.25) is 14.4 Å². The van der Waals surface area contributed by atoms with E-state index in [0.29, 0.717) is 30.5 Å². The van der Waals surface area contributed by atoms with Crippen LogP contribution in [0.1, 0.15) is 54.3 Å². The second kappa shape index (κ2) is 6.63. The van der Waals surface area contributed by atoms with E-state index in [1.54, 1.807) is 24.3 Å². The third kappa shape index (κ3) is 4.57. The molecule has 6 heteroatoms. The van der Waals surface area contributed by atoms with Crippen LogP contribution in [-0.4, -0.2) is 36.0 Å². The van der Waals surface area contributed by atoms with Crippen LogP contribution in [0.15, 0.2) is 24.3 Å². The molecule has 1 aliphatic carbocycles. The van der Waals surface area contributed by atoms with Crippen LogP contribution in [0.5, 0.6) is 0 Å². The van der Waals surface area contributed by atoms with Crippen LogP contribution in [0.4, 0.5) is 0 Å². The molecule has 0 heterocycles. The summed E-state index contributed by atoms with van der Waals surface area (Å²) in [6.07, 6.45) is 1.19. The minimum absolute atomic E-state index is 0.00159. The molecule has 0 aromatic heterocycles. The summed E-state index contributed by atoms with van der Waals surface area (Å²) in [4.78, 5) is 35.2. The zero-order valence-electron chi connectivity index (χ0n) is 14.3. The van der Waals surface area contributed by atoms with Gasteiger partial charge in [0.15, 0.2) is 0 Å². The molecule has 1 aromatic rings. The van der Waals surface area contributed by atoms with E-state index in [1.807, 2.05) is 20.8 Å². The number of benzene rings is 1. The van der Waals surface area contributed by atoms with Gasteiger partial charge in [-0.05, 0) is 42.5 Å². The number of carboxylic acid groups (broad SMARTS) is 1. The summed E-state index contributed by atoms with van der Waals surface area (Å²) in [6.45, 7) is 6.79. The molecule has 1 saturated carbocycles. The van der Waals surface area contributed by atoms with Crippen molar-refractivity contribution in [1.82, 2.24) is 10.6 Å². The Balaban J connectivity index is 1.90. The van der Waals surface area contributed by atoms with Gasteiger partial charge < -0.3 is 15.7 Å². The van der Waals surface area contributed by atoms with Crippen molar-refractivity contribution in [1.29, 1.82) is 0 Å². The van der Waals surface area contributed by atoms with Gasteiger partial charge in [-0.15, -0.1) is 0 Å². The third-order valence-electron chi connectivity index (χ3n) is 4.08. The van der Waals surface area contributed by atoms with Gasteiger partial charge in [0.05, 0.1) is 5.41 Å². The summed E-state index contributed by atoms with van der Waals surface area (Å²) in [5.74, 6) is -1.38. The van der Waals surface area contributed by atoms with E-state index in [0.717, 1.165) is 0 Å². The number of hydrogen-bond donors (Lipinski definition) is 3. The maximum absolute atomic E-state index is 12.1. The Kier molecular flexibility index (Phi) is 4.96. The quantitative estimate of drug-likeness (QED) is 0.743. The summed E-state index contributed by atoms with van der Waals surface area (Å²) in [5.41, 5.74) is 0.101. The number of carbonyl (C=O) groups excluding carboxylic acids is 2. The van der Waals surface area contributed by atoms with Crippen molar-refractivity contribution in [2.75, 3.05) is 13.1 Å². The number of carboxylic acids is 1. The fraction of sp³-hybridized carbons (Fsp3) is 0.500. The highest BCUT2D eigenvalue weighted by Crippen LogP contribution is 2.45. The highest BCUT2D eigenvalue weighted by molar-refractivity contribution is 5.98. The van der Waals surface area contributed by atoms with Gasteiger partial charge in [0.1, 0.15) is 0 Å².